The molecule has 0 aromatic heterocycles. The van der Waals surface area contributed by atoms with E-state index in [-0.39, 0.29) is 29.5 Å². The van der Waals surface area contributed by atoms with Gasteiger partial charge < -0.3 is 15.3 Å². The van der Waals surface area contributed by atoms with Gasteiger partial charge in [0.05, 0.1) is 12.2 Å². The third-order valence-corrected chi connectivity index (χ3v) is 10.2. The molecule has 4 unspecified atom stereocenters. The fourth-order valence-corrected chi connectivity index (χ4v) is 8.73. The minimum Gasteiger partial charge on any atom is -0.481 e. The second-order valence-corrected chi connectivity index (χ2v) is 11.4. The molecule has 0 amide bonds. The van der Waals surface area contributed by atoms with Crippen molar-refractivity contribution in [1.29, 1.82) is 0 Å². The highest BCUT2D eigenvalue weighted by Gasteiger charge is 2.62. The molecule has 0 saturated heterocycles. The Labute approximate surface area is 170 Å². The van der Waals surface area contributed by atoms with Gasteiger partial charge in [0.1, 0.15) is 0 Å². The quantitative estimate of drug-likeness (QED) is 0.659. The summed E-state index contributed by atoms with van der Waals surface area (Å²) in [5.41, 5.74) is 0.523. The maximum atomic E-state index is 11.2. The number of carboxylic acids is 1. The summed E-state index contributed by atoms with van der Waals surface area (Å²) in [7, 11) is 0. The van der Waals surface area contributed by atoms with Crippen LogP contribution in [0.4, 0.5) is 0 Å². The minimum atomic E-state index is -0.684. The molecule has 4 fully saturated rings. The zero-order valence-corrected chi connectivity index (χ0v) is 17.9. The summed E-state index contributed by atoms with van der Waals surface area (Å²) in [6.45, 7) is 7.16. The van der Waals surface area contributed by atoms with Gasteiger partial charge >= 0.3 is 5.97 Å². The molecule has 4 aliphatic carbocycles. The maximum absolute atomic E-state index is 11.2. The molecule has 4 saturated carbocycles. The van der Waals surface area contributed by atoms with Gasteiger partial charge in [-0.25, -0.2) is 0 Å². The topological polar surface area (TPSA) is 77.8 Å². The van der Waals surface area contributed by atoms with Gasteiger partial charge in [-0.1, -0.05) is 20.8 Å². The lowest BCUT2D eigenvalue weighted by atomic mass is 9.43. The normalized spacial score (nSPS) is 51.7. The molecule has 0 radical (unpaired) electrons. The third kappa shape index (κ3) is 3.14. The number of hydrogen-bond donors (Lipinski definition) is 3. The fraction of sp³-hybridized carbons (Fsp3) is 0.958. The van der Waals surface area contributed by atoms with Crippen molar-refractivity contribution in [2.24, 2.45) is 46.3 Å². The Balaban J connectivity index is 1.55. The second-order valence-electron chi connectivity index (χ2n) is 11.4. The third-order valence-electron chi connectivity index (χ3n) is 10.2. The number of fused-ring (bicyclic) bond motifs is 5. The Morgan fingerprint density at radius 1 is 1.00 bits per heavy atom. The van der Waals surface area contributed by atoms with Crippen molar-refractivity contribution in [3.05, 3.63) is 0 Å². The van der Waals surface area contributed by atoms with Crippen molar-refractivity contribution in [2.45, 2.75) is 97.2 Å². The van der Waals surface area contributed by atoms with E-state index >= 15 is 0 Å². The lowest BCUT2D eigenvalue weighted by Gasteiger charge is -2.62. The van der Waals surface area contributed by atoms with Crippen LogP contribution in [-0.2, 0) is 4.79 Å². The summed E-state index contributed by atoms with van der Waals surface area (Å²) in [4.78, 5) is 11.1. The summed E-state index contributed by atoms with van der Waals surface area (Å²) in [5.74, 6) is 2.36. The molecule has 0 aromatic carbocycles. The van der Waals surface area contributed by atoms with Crippen molar-refractivity contribution in [2.75, 3.05) is 0 Å². The molecule has 4 rings (SSSR count). The van der Waals surface area contributed by atoms with E-state index in [1.54, 1.807) is 0 Å². The zero-order chi connectivity index (χ0) is 20.3. The van der Waals surface area contributed by atoms with Gasteiger partial charge in [0.15, 0.2) is 0 Å². The van der Waals surface area contributed by atoms with E-state index in [0.717, 1.165) is 32.1 Å². The lowest BCUT2D eigenvalue weighted by molar-refractivity contribution is -0.174. The van der Waals surface area contributed by atoms with Crippen LogP contribution in [0.2, 0.25) is 0 Å². The van der Waals surface area contributed by atoms with Crippen molar-refractivity contribution in [3.63, 3.8) is 0 Å². The Kier molecular flexibility index (Phi) is 5.36. The predicted molar refractivity (Wildman–Crippen MR) is 109 cm³/mol. The van der Waals surface area contributed by atoms with E-state index in [0.29, 0.717) is 35.5 Å². The van der Waals surface area contributed by atoms with E-state index in [2.05, 4.69) is 20.8 Å². The van der Waals surface area contributed by atoms with E-state index in [1.165, 1.54) is 25.7 Å². The average Bonchev–Trinajstić information content (AvgIpc) is 2.98. The van der Waals surface area contributed by atoms with Crippen molar-refractivity contribution in [3.8, 4) is 0 Å². The largest absolute Gasteiger partial charge is 0.481 e. The first-order chi connectivity index (χ1) is 13.2. The molecule has 0 aromatic rings. The molecule has 0 heterocycles. The Morgan fingerprint density at radius 2 is 1.68 bits per heavy atom. The Bertz CT molecular complexity index is 605. The summed E-state index contributed by atoms with van der Waals surface area (Å²) in [5, 5.41) is 30.5. The molecule has 4 aliphatic rings. The molecule has 4 nitrogen and oxygen atoms in total. The van der Waals surface area contributed by atoms with E-state index in [1.807, 2.05) is 0 Å². The highest BCUT2D eigenvalue weighted by molar-refractivity contribution is 5.66. The first-order valence-electron chi connectivity index (χ1n) is 11.7. The monoisotopic (exact) mass is 392 g/mol. The molecule has 0 spiro atoms. The van der Waals surface area contributed by atoms with Gasteiger partial charge in [-0.15, -0.1) is 0 Å². The minimum absolute atomic E-state index is 0.179. The fourth-order valence-electron chi connectivity index (χ4n) is 8.73. The van der Waals surface area contributed by atoms with E-state index in [9.17, 15) is 15.0 Å². The van der Waals surface area contributed by atoms with Crippen LogP contribution in [0, 0.1) is 46.3 Å². The Hall–Kier alpha value is -0.610. The maximum Gasteiger partial charge on any atom is 0.303 e. The number of aliphatic hydroxyl groups excluding tert-OH is 2. The molecule has 0 aliphatic heterocycles. The molecule has 160 valence electrons. The van der Waals surface area contributed by atoms with Crippen LogP contribution in [0.3, 0.4) is 0 Å². The number of aliphatic carboxylic acids is 1. The van der Waals surface area contributed by atoms with Crippen LogP contribution >= 0.6 is 0 Å². The van der Waals surface area contributed by atoms with Crippen LogP contribution in [0.15, 0.2) is 0 Å². The summed E-state index contributed by atoms with van der Waals surface area (Å²) in [6.07, 6.45) is 9.19. The van der Waals surface area contributed by atoms with Gasteiger partial charge in [-0.3, -0.25) is 4.79 Å². The molecular weight excluding hydrogens is 352 g/mol. The van der Waals surface area contributed by atoms with Gasteiger partial charge in [0.2, 0.25) is 0 Å². The van der Waals surface area contributed by atoms with E-state index in [4.69, 9.17) is 5.11 Å². The Morgan fingerprint density at radius 3 is 2.39 bits per heavy atom. The summed E-state index contributed by atoms with van der Waals surface area (Å²) >= 11 is 0. The van der Waals surface area contributed by atoms with Crippen molar-refractivity contribution < 1.29 is 20.1 Å². The zero-order valence-electron chi connectivity index (χ0n) is 17.9. The van der Waals surface area contributed by atoms with E-state index < -0.39 is 5.97 Å². The second kappa shape index (κ2) is 7.27. The van der Waals surface area contributed by atoms with Crippen LogP contribution < -0.4 is 0 Å². The number of hydrogen-bond acceptors (Lipinski definition) is 3. The number of aliphatic hydroxyl groups is 2. The summed E-state index contributed by atoms with van der Waals surface area (Å²) < 4.78 is 0. The highest BCUT2D eigenvalue weighted by Crippen LogP contribution is 2.68. The van der Waals surface area contributed by atoms with Gasteiger partial charge in [-0.05, 0) is 104 Å². The van der Waals surface area contributed by atoms with Crippen LogP contribution in [0.1, 0.15) is 85.0 Å². The number of rotatable bonds is 4. The molecule has 10 atom stereocenters. The smallest absolute Gasteiger partial charge is 0.303 e. The molecule has 0 bridgehead atoms. The number of carboxylic acid groups (broad SMARTS) is 1. The lowest BCUT2D eigenvalue weighted by Crippen LogP contribution is -2.58. The van der Waals surface area contributed by atoms with Crippen LogP contribution in [0.5, 0.6) is 0 Å². The SMILES string of the molecule is CC(CCC(=O)O)C1CC[C@H]2C3[C@H](O)CC4C[C@H](O)CC[C@]4(C)[C@H]3CC[C@]12C. The van der Waals surface area contributed by atoms with Crippen LogP contribution in [-0.4, -0.2) is 33.5 Å². The standard InChI is InChI=1S/C24H40O4/c1-14(4-7-21(27)28)17-5-6-18-22-19(9-11-24(17,18)3)23(2)10-8-16(25)12-15(23)13-20(22)26/h14-20,22,25-26H,4-13H2,1-3H3,(H,27,28)/t14?,15?,16-,17?,18+,19+,20-,22?,23+,24-/m1/s1. The molecule has 4 heteroatoms. The van der Waals surface area contributed by atoms with Crippen molar-refractivity contribution >= 4 is 5.97 Å². The van der Waals surface area contributed by atoms with Crippen molar-refractivity contribution in [1.82, 2.24) is 0 Å². The molecule has 28 heavy (non-hydrogen) atoms. The first-order valence-corrected chi connectivity index (χ1v) is 11.7. The number of carbonyl (C=O) groups is 1. The molecular formula is C24H40O4. The molecule has 3 N–H and O–H groups in total. The average molecular weight is 393 g/mol. The van der Waals surface area contributed by atoms with Gasteiger partial charge in [-0.2, -0.15) is 0 Å². The first kappa shape index (κ1) is 20.7. The van der Waals surface area contributed by atoms with Gasteiger partial charge in [0, 0.05) is 6.42 Å². The highest BCUT2D eigenvalue weighted by atomic mass is 16.4. The summed E-state index contributed by atoms with van der Waals surface area (Å²) in [6, 6.07) is 0. The van der Waals surface area contributed by atoms with Crippen LogP contribution in [0.25, 0.3) is 0 Å². The van der Waals surface area contributed by atoms with Gasteiger partial charge in [0.25, 0.3) is 0 Å². The predicted octanol–water partition coefficient (Wildman–Crippen LogP) is 4.48.